The van der Waals surface area contributed by atoms with Crippen molar-refractivity contribution in [3.63, 3.8) is 0 Å². The first-order chi connectivity index (χ1) is 19.4. The highest BCUT2D eigenvalue weighted by Gasteiger charge is 2.43. The van der Waals surface area contributed by atoms with E-state index in [0.717, 1.165) is 64.4 Å². The molecule has 1 aliphatic carbocycles. The minimum absolute atomic E-state index is 0.0520. The van der Waals surface area contributed by atoms with Crippen molar-refractivity contribution in [2.45, 2.75) is 135 Å². The number of Topliss-reactive ketones (excluding diaryl/α,β-unsaturated/α-hetero) is 2. The summed E-state index contributed by atoms with van der Waals surface area (Å²) in [6, 6.07) is 0. The molecule has 0 bridgehead atoms. The summed E-state index contributed by atoms with van der Waals surface area (Å²) in [4.78, 5) is 37.5. The Morgan fingerprint density at radius 3 is 2.38 bits per heavy atom. The average molecular weight is 565 g/mol. The molecule has 0 N–H and O–H groups in total. The molecule has 228 valence electrons. The minimum atomic E-state index is -0.419. The van der Waals surface area contributed by atoms with Crippen LogP contribution in [0.15, 0.2) is 12.2 Å². The van der Waals surface area contributed by atoms with Gasteiger partial charge in [-0.1, -0.05) is 38.8 Å². The van der Waals surface area contributed by atoms with Crippen LogP contribution in [0, 0.1) is 17.8 Å². The van der Waals surface area contributed by atoms with Gasteiger partial charge >= 0.3 is 5.97 Å². The van der Waals surface area contributed by atoms with Gasteiger partial charge in [-0.3, -0.25) is 14.4 Å². The van der Waals surface area contributed by atoms with Crippen LogP contribution in [0.5, 0.6) is 0 Å². The number of ketones is 2. The highest BCUT2D eigenvalue weighted by molar-refractivity contribution is 5.90. The number of ether oxygens (including phenoxy) is 5. The fraction of sp³-hybridized carbons (Fsp3) is 0.844. The van der Waals surface area contributed by atoms with Crippen molar-refractivity contribution < 1.29 is 38.1 Å². The van der Waals surface area contributed by atoms with E-state index in [0.29, 0.717) is 44.6 Å². The van der Waals surface area contributed by atoms with Crippen LogP contribution in [0.3, 0.4) is 0 Å². The van der Waals surface area contributed by atoms with Gasteiger partial charge in [0.15, 0.2) is 12.6 Å². The molecule has 3 fully saturated rings. The molecule has 0 spiro atoms. The molecule has 2 saturated heterocycles. The van der Waals surface area contributed by atoms with Gasteiger partial charge in [0, 0.05) is 50.7 Å². The monoisotopic (exact) mass is 564 g/mol. The Morgan fingerprint density at radius 2 is 1.73 bits per heavy atom. The second-order valence-corrected chi connectivity index (χ2v) is 11.8. The molecule has 3 aliphatic rings. The molecule has 2 unspecified atom stereocenters. The lowest BCUT2D eigenvalue weighted by atomic mass is 9.87. The zero-order valence-corrected chi connectivity index (χ0v) is 25.0. The van der Waals surface area contributed by atoms with E-state index >= 15 is 0 Å². The molecule has 3 rings (SSSR count). The van der Waals surface area contributed by atoms with E-state index in [1.54, 1.807) is 0 Å². The standard InChI is InChI=1S/C32H52O8/c1-4-11-23(2)20-25(39-31-14-7-9-18-37-31)16-17-26-27(21-24(33)12-5-6-13-30(35)36-3)28(34)22-29(26)40-32-15-8-10-19-38-32/h16-17,23,25-27,29,31-32H,4-15,18-22H2,1-3H3/b17-16+/t23-,25+,26+,27+,29+,31?,32?/m0/s1. The lowest BCUT2D eigenvalue weighted by Gasteiger charge is -2.30. The van der Waals surface area contributed by atoms with Crippen LogP contribution >= 0.6 is 0 Å². The van der Waals surface area contributed by atoms with E-state index in [9.17, 15) is 14.4 Å². The number of rotatable bonds is 17. The van der Waals surface area contributed by atoms with Crippen LogP contribution in [0.25, 0.3) is 0 Å². The molecule has 40 heavy (non-hydrogen) atoms. The summed E-state index contributed by atoms with van der Waals surface area (Å²) in [7, 11) is 1.37. The summed E-state index contributed by atoms with van der Waals surface area (Å²) >= 11 is 0. The van der Waals surface area contributed by atoms with E-state index in [-0.39, 0.29) is 54.7 Å². The van der Waals surface area contributed by atoms with Gasteiger partial charge in [-0.05, 0) is 63.7 Å². The Labute approximate surface area is 240 Å². The SMILES string of the molecule is CCC[C@H](C)C[C@@H](/C=C/[C@H]1[C@H](OC2CCCCO2)CC(=O)[C@@H]1CC(=O)CCCCC(=O)OC)OC1CCCCO1. The molecular weight excluding hydrogens is 512 g/mol. The Bertz CT molecular complexity index is 799. The van der Waals surface area contributed by atoms with Crippen molar-refractivity contribution in [1.29, 1.82) is 0 Å². The largest absolute Gasteiger partial charge is 0.469 e. The van der Waals surface area contributed by atoms with Gasteiger partial charge in [0.25, 0.3) is 0 Å². The van der Waals surface area contributed by atoms with Gasteiger partial charge in [-0.25, -0.2) is 0 Å². The third-order valence-electron chi connectivity index (χ3n) is 8.36. The highest BCUT2D eigenvalue weighted by atomic mass is 16.7. The number of carbonyl (C=O) groups excluding carboxylic acids is 3. The maximum Gasteiger partial charge on any atom is 0.305 e. The second kappa shape index (κ2) is 18.0. The van der Waals surface area contributed by atoms with Crippen LogP contribution in [-0.4, -0.2) is 62.6 Å². The van der Waals surface area contributed by atoms with Gasteiger partial charge in [0.1, 0.15) is 11.6 Å². The summed E-state index contributed by atoms with van der Waals surface area (Å²) in [5, 5.41) is 0. The van der Waals surface area contributed by atoms with Crippen molar-refractivity contribution in [3.8, 4) is 0 Å². The smallest absolute Gasteiger partial charge is 0.305 e. The fourth-order valence-corrected chi connectivity index (χ4v) is 6.11. The Morgan fingerprint density at radius 1 is 1.02 bits per heavy atom. The van der Waals surface area contributed by atoms with Gasteiger partial charge in [0.05, 0.1) is 19.3 Å². The lowest BCUT2D eigenvalue weighted by molar-refractivity contribution is -0.192. The summed E-state index contributed by atoms with van der Waals surface area (Å²) in [6.45, 7) is 5.85. The topological polar surface area (TPSA) is 97.4 Å². The first kappa shape index (κ1) is 32.9. The van der Waals surface area contributed by atoms with Gasteiger partial charge in [0.2, 0.25) is 0 Å². The van der Waals surface area contributed by atoms with Crippen molar-refractivity contribution in [2.75, 3.05) is 20.3 Å². The Balaban J connectivity index is 1.70. The summed E-state index contributed by atoms with van der Waals surface area (Å²) in [6.07, 6.45) is 14.7. The number of methoxy groups -OCH3 is 1. The van der Waals surface area contributed by atoms with Crippen LogP contribution in [-0.2, 0) is 38.1 Å². The lowest BCUT2D eigenvalue weighted by Crippen LogP contribution is -2.31. The van der Waals surface area contributed by atoms with Crippen LogP contribution < -0.4 is 0 Å². The summed E-state index contributed by atoms with van der Waals surface area (Å²) in [5.74, 6) is -0.271. The van der Waals surface area contributed by atoms with Crippen LogP contribution in [0.1, 0.15) is 110 Å². The molecular formula is C32H52O8. The van der Waals surface area contributed by atoms with Crippen molar-refractivity contribution >= 4 is 17.5 Å². The molecule has 0 aromatic carbocycles. The van der Waals surface area contributed by atoms with Crippen LogP contribution in [0.2, 0.25) is 0 Å². The number of esters is 1. The first-order valence-corrected chi connectivity index (χ1v) is 15.7. The van der Waals surface area contributed by atoms with Gasteiger partial charge in [-0.15, -0.1) is 0 Å². The third-order valence-corrected chi connectivity index (χ3v) is 8.36. The summed E-state index contributed by atoms with van der Waals surface area (Å²) in [5.41, 5.74) is 0. The predicted octanol–water partition coefficient (Wildman–Crippen LogP) is 6.09. The van der Waals surface area contributed by atoms with E-state index < -0.39 is 5.92 Å². The number of hydrogen-bond acceptors (Lipinski definition) is 8. The van der Waals surface area contributed by atoms with Crippen LogP contribution in [0.4, 0.5) is 0 Å². The third kappa shape index (κ3) is 11.3. The maximum absolute atomic E-state index is 13.2. The number of hydrogen-bond donors (Lipinski definition) is 0. The normalized spacial score (nSPS) is 29.0. The van der Waals surface area contributed by atoms with Crippen molar-refractivity contribution in [1.82, 2.24) is 0 Å². The molecule has 8 heteroatoms. The molecule has 0 aromatic heterocycles. The molecule has 0 amide bonds. The summed E-state index contributed by atoms with van der Waals surface area (Å²) < 4.78 is 29.2. The zero-order valence-electron chi connectivity index (χ0n) is 25.0. The Hall–Kier alpha value is -1.61. The fourth-order valence-electron chi connectivity index (χ4n) is 6.11. The predicted molar refractivity (Wildman–Crippen MR) is 151 cm³/mol. The molecule has 7 atom stereocenters. The average Bonchev–Trinajstić information content (AvgIpc) is 3.23. The zero-order chi connectivity index (χ0) is 28.7. The van der Waals surface area contributed by atoms with Crippen molar-refractivity contribution in [3.05, 3.63) is 12.2 Å². The van der Waals surface area contributed by atoms with E-state index in [2.05, 4.69) is 30.7 Å². The quantitative estimate of drug-likeness (QED) is 0.119. The number of unbranched alkanes of at least 4 members (excludes halogenated alkanes) is 1. The second-order valence-electron chi connectivity index (χ2n) is 11.8. The highest BCUT2D eigenvalue weighted by Crippen LogP contribution is 2.37. The van der Waals surface area contributed by atoms with E-state index in [1.165, 1.54) is 7.11 Å². The molecule has 0 aromatic rings. The molecule has 0 radical (unpaired) electrons. The molecule has 1 saturated carbocycles. The number of carbonyl (C=O) groups is 3. The first-order valence-electron chi connectivity index (χ1n) is 15.7. The van der Waals surface area contributed by atoms with Gasteiger partial charge in [-0.2, -0.15) is 0 Å². The minimum Gasteiger partial charge on any atom is -0.469 e. The van der Waals surface area contributed by atoms with E-state index in [4.69, 9.17) is 18.9 Å². The van der Waals surface area contributed by atoms with Crippen molar-refractivity contribution in [2.24, 2.45) is 17.8 Å². The van der Waals surface area contributed by atoms with E-state index in [1.807, 2.05) is 0 Å². The van der Waals surface area contributed by atoms with Gasteiger partial charge < -0.3 is 23.7 Å². The Kier molecular flexibility index (Phi) is 14.8. The molecule has 2 heterocycles. The maximum atomic E-state index is 13.2. The molecule has 8 nitrogen and oxygen atoms in total. The molecule has 2 aliphatic heterocycles.